The Kier molecular flexibility index (Phi) is 5.90. The van der Waals surface area contributed by atoms with Crippen LogP contribution >= 0.6 is 0 Å². The van der Waals surface area contributed by atoms with E-state index in [1.807, 2.05) is 0 Å². The van der Waals surface area contributed by atoms with E-state index in [-0.39, 0.29) is 24.5 Å². The number of halogens is 3. The van der Waals surface area contributed by atoms with E-state index >= 15 is 0 Å². The van der Waals surface area contributed by atoms with Gasteiger partial charge in [0.15, 0.2) is 6.10 Å². The Morgan fingerprint density at radius 2 is 1.68 bits per heavy atom. The predicted octanol–water partition coefficient (Wildman–Crippen LogP) is 3.96. The molecule has 2 aromatic carbocycles. The molecule has 1 N–H and O–H groups in total. The first-order valence-electron chi connectivity index (χ1n) is 7.58. The average Bonchev–Trinajstić information content (AvgIpc) is 2.56. The van der Waals surface area contributed by atoms with Crippen molar-refractivity contribution in [2.24, 2.45) is 0 Å². The van der Waals surface area contributed by atoms with E-state index in [2.05, 4.69) is 0 Å². The molecule has 0 aliphatic heterocycles. The molecule has 7 heteroatoms. The van der Waals surface area contributed by atoms with Gasteiger partial charge in [0.05, 0.1) is 12.2 Å². The van der Waals surface area contributed by atoms with Crippen LogP contribution in [0.5, 0.6) is 11.5 Å². The number of alkyl halides is 3. The average molecular weight is 354 g/mol. The number of hydrogen-bond donors (Lipinski definition) is 1. The van der Waals surface area contributed by atoms with Crippen LogP contribution in [-0.2, 0) is 22.1 Å². The summed E-state index contributed by atoms with van der Waals surface area (Å²) in [6.45, 7) is 1.80. The number of hydrogen-bond acceptors (Lipinski definition) is 4. The third kappa shape index (κ3) is 5.41. The second-order valence-electron chi connectivity index (χ2n) is 5.25. The number of rotatable bonds is 6. The van der Waals surface area contributed by atoms with Crippen LogP contribution in [-0.4, -0.2) is 23.8 Å². The van der Waals surface area contributed by atoms with Gasteiger partial charge in [0.25, 0.3) is 0 Å². The number of phenols is 1. The molecule has 0 heterocycles. The summed E-state index contributed by atoms with van der Waals surface area (Å²) < 4.78 is 48.3. The summed E-state index contributed by atoms with van der Waals surface area (Å²) in [5, 5.41) is 9.30. The van der Waals surface area contributed by atoms with Crippen molar-refractivity contribution >= 4 is 5.97 Å². The quantitative estimate of drug-likeness (QED) is 0.798. The van der Waals surface area contributed by atoms with Crippen molar-refractivity contribution in [3.05, 3.63) is 59.7 Å². The number of phenolic OH excluding ortho intramolecular Hbond substituents is 1. The molecule has 2 aromatic rings. The van der Waals surface area contributed by atoms with Gasteiger partial charge in [-0.05, 0) is 48.9 Å². The molecule has 0 amide bonds. The van der Waals surface area contributed by atoms with Gasteiger partial charge in [0, 0.05) is 6.42 Å². The van der Waals surface area contributed by atoms with Crippen LogP contribution in [0.25, 0.3) is 0 Å². The molecule has 0 saturated carbocycles. The normalized spacial score (nSPS) is 12.5. The van der Waals surface area contributed by atoms with Crippen molar-refractivity contribution in [1.82, 2.24) is 0 Å². The monoisotopic (exact) mass is 354 g/mol. The lowest BCUT2D eigenvalue weighted by molar-refractivity contribution is -0.151. The minimum Gasteiger partial charge on any atom is -0.508 e. The second-order valence-corrected chi connectivity index (χ2v) is 5.25. The minimum atomic E-state index is -4.44. The Morgan fingerprint density at radius 3 is 2.20 bits per heavy atom. The molecule has 1 atom stereocenters. The van der Waals surface area contributed by atoms with E-state index in [0.29, 0.717) is 5.56 Å². The highest BCUT2D eigenvalue weighted by atomic mass is 19.4. The molecule has 134 valence electrons. The van der Waals surface area contributed by atoms with E-state index in [1.165, 1.54) is 12.1 Å². The summed E-state index contributed by atoms with van der Waals surface area (Å²) in [6, 6.07) is 10.3. The smallest absolute Gasteiger partial charge is 0.416 e. The fourth-order valence-electron chi connectivity index (χ4n) is 2.14. The van der Waals surface area contributed by atoms with Gasteiger partial charge < -0.3 is 14.6 Å². The van der Waals surface area contributed by atoms with Crippen molar-refractivity contribution in [3.63, 3.8) is 0 Å². The van der Waals surface area contributed by atoms with Crippen LogP contribution in [0.15, 0.2) is 48.5 Å². The third-order valence-corrected chi connectivity index (χ3v) is 3.37. The highest BCUT2D eigenvalue weighted by Crippen LogP contribution is 2.30. The van der Waals surface area contributed by atoms with Crippen molar-refractivity contribution < 1.29 is 32.5 Å². The zero-order chi connectivity index (χ0) is 18.4. The van der Waals surface area contributed by atoms with E-state index in [1.54, 1.807) is 19.1 Å². The molecule has 0 saturated heterocycles. The fourth-order valence-corrected chi connectivity index (χ4v) is 2.14. The number of ether oxygens (including phenoxy) is 2. The highest BCUT2D eigenvalue weighted by molar-refractivity contribution is 5.75. The van der Waals surface area contributed by atoms with Crippen molar-refractivity contribution in [3.8, 4) is 11.5 Å². The Morgan fingerprint density at radius 1 is 1.08 bits per heavy atom. The van der Waals surface area contributed by atoms with Crippen LogP contribution in [0.2, 0.25) is 0 Å². The second kappa shape index (κ2) is 7.92. The van der Waals surface area contributed by atoms with Gasteiger partial charge in [-0.1, -0.05) is 12.1 Å². The summed E-state index contributed by atoms with van der Waals surface area (Å²) in [6.07, 6.45) is -5.30. The summed E-state index contributed by atoms with van der Waals surface area (Å²) >= 11 is 0. The molecule has 4 nitrogen and oxygen atoms in total. The molecule has 0 aromatic heterocycles. The third-order valence-electron chi connectivity index (χ3n) is 3.37. The largest absolute Gasteiger partial charge is 0.508 e. The van der Waals surface area contributed by atoms with Crippen molar-refractivity contribution in [2.75, 3.05) is 6.61 Å². The predicted molar refractivity (Wildman–Crippen MR) is 84.3 cm³/mol. The lowest BCUT2D eigenvalue weighted by atomic mass is 10.1. The molecular weight excluding hydrogens is 337 g/mol. The fraction of sp³-hybridized carbons (Fsp3) is 0.278. The molecule has 0 aliphatic carbocycles. The summed E-state index contributed by atoms with van der Waals surface area (Å²) in [7, 11) is 0. The maximum Gasteiger partial charge on any atom is 0.416 e. The van der Waals surface area contributed by atoms with E-state index in [0.717, 1.165) is 24.3 Å². The molecule has 1 unspecified atom stereocenters. The summed E-state index contributed by atoms with van der Waals surface area (Å²) in [4.78, 5) is 12.1. The van der Waals surface area contributed by atoms with Crippen molar-refractivity contribution in [1.29, 1.82) is 0 Å². The Bertz CT molecular complexity index is 694. The number of benzene rings is 2. The maximum absolute atomic E-state index is 12.6. The van der Waals surface area contributed by atoms with Crippen LogP contribution in [0.4, 0.5) is 13.2 Å². The van der Waals surface area contributed by atoms with Crippen LogP contribution in [0, 0.1) is 0 Å². The minimum absolute atomic E-state index is 0.0834. The number of esters is 1. The molecule has 0 bridgehead atoms. The number of carbonyl (C=O) groups excluding carboxylic acids is 1. The SMILES string of the molecule is CCOC(=O)C(Cc1ccc(O)cc1)Oc1ccc(C(F)(F)F)cc1. The lowest BCUT2D eigenvalue weighted by Gasteiger charge is -2.18. The van der Waals surface area contributed by atoms with Gasteiger partial charge in [0.2, 0.25) is 0 Å². The molecule has 0 aliphatic rings. The first-order chi connectivity index (χ1) is 11.8. The summed E-state index contributed by atoms with van der Waals surface area (Å²) in [5.41, 5.74) is -0.0890. The first kappa shape index (κ1) is 18.6. The van der Waals surface area contributed by atoms with E-state index in [4.69, 9.17) is 9.47 Å². The molecule has 2 rings (SSSR count). The topological polar surface area (TPSA) is 55.8 Å². The summed E-state index contributed by atoms with van der Waals surface area (Å²) in [5.74, 6) is -0.402. The Balaban J connectivity index is 2.15. The Labute approximate surface area is 142 Å². The molecule has 25 heavy (non-hydrogen) atoms. The molecule has 0 fully saturated rings. The zero-order valence-electron chi connectivity index (χ0n) is 13.4. The standard InChI is InChI=1S/C18H17F3O4/c1-2-24-17(23)16(11-12-3-7-14(22)8-4-12)25-15-9-5-13(6-10-15)18(19,20)21/h3-10,16,22H,2,11H2,1H3. The highest BCUT2D eigenvalue weighted by Gasteiger charge is 2.30. The number of aromatic hydroxyl groups is 1. The maximum atomic E-state index is 12.6. The zero-order valence-corrected chi connectivity index (χ0v) is 13.4. The molecular formula is C18H17F3O4. The molecule has 0 spiro atoms. The molecule has 0 radical (unpaired) electrons. The van der Waals surface area contributed by atoms with Gasteiger partial charge in [-0.25, -0.2) is 4.79 Å². The van der Waals surface area contributed by atoms with Crippen LogP contribution in [0.1, 0.15) is 18.1 Å². The number of carbonyl (C=O) groups is 1. The van der Waals surface area contributed by atoms with Gasteiger partial charge >= 0.3 is 12.1 Å². The van der Waals surface area contributed by atoms with Gasteiger partial charge in [-0.2, -0.15) is 13.2 Å². The van der Waals surface area contributed by atoms with Gasteiger partial charge in [-0.3, -0.25) is 0 Å². The van der Waals surface area contributed by atoms with E-state index < -0.39 is 23.8 Å². The van der Waals surface area contributed by atoms with Gasteiger partial charge in [-0.15, -0.1) is 0 Å². The van der Waals surface area contributed by atoms with Crippen molar-refractivity contribution in [2.45, 2.75) is 25.6 Å². The van der Waals surface area contributed by atoms with Crippen LogP contribution in [0.3, 0.4) is 0 Å². The first-order valence-corrected chi connectivity index (χ1v) is 7.58. The van der Waals surface area contributed by atoms with Gasteiger partial charge in [0.1, 0.15) is 11.5 Å². The van der Waals surface area contributed by atoms with Crippen LogP contribution < -0.4 is 4.74 Å². The van der Waals surface area contributed by atoms with E-state index in [9.17, 15) is 23.1 Å². The lowest BCUT2D eigenvalue weighted by Crippen LogP contribution is -2.31. The Hall–Kier alpha value is -2.70.